The molecule has 178 valence electrons. The number of aliphatic hydroxyl groups is 1. The molecule has 35 heavy (non-hydrogen) atoms. The maximum absolute atomic E-state index is 13.3. The Kier molecular flexibility index (Phi) is 6.35. The number of aryl methyl sites for hydroxylation is 2. The van der Waals surface area contributed by atoms with Crippen LogP contribution in [0.2, 0.25) is 5.02 Å². The topological polar surface area (TPSA) is 77.8 Å². The van der Waals surface area contributed by atoms with Crippen LogP contribution in [-0.4, -0.2) is 33.3 Å². The van der Waals surface area contributed by atoms with Crippen molar-refractivity contribution in [2.75, 3.05) is 6.54 Å². The summed E-state index contributed by atoms with van der Waals surface area (Å²) < 4.78 is 0. The highest BCUT2D eigenvalue weighted by molar-refractivity contribution is 6.46. The molecule has 0 spiro atoms. The molecule has 0 bridgehead atoms. The predicted octanol–water partition coefficient (Wildman–Crippen LogP) is 5.59. The fourth-order valence-electron chi connectivity index (χ4n) is 5.09. The van der Waals surface area contributed by atoms with E-state index in [1.807, 2.05) is 30.3 Å². The van der Waals surface area contributed by atoms with Gasteiger partial charge in [-0.3, -0.25) is 9.59 Å². The van der Waals surface area contributed by atoms with Gasteiger partial charge in [0.2, 0.25) is 0 Å². The first-order chi connectivity index (χ1) is 16.9. The number of aromatic hydroxyl groups is 1. The molecule has 1 aliphatic carbocycles. The first-order valence-corrected chi connectivity index (χ1v) is 12.2. The van der Waals surface area contributed by atoms with E-state index < -0.39 is 17.7 Å². The van der Waals surface area contributed by atoms with Crippen LogP contribution in [0.5, 0.6) is 5.75 Å². The van der Waals surface area contributed by atoms with E-state index in [-0.39, 0.29) is 23.6 Å². The smallest absolute Gasteiger partial charge is 0.295 e. The molecule has 2 aliphatic rings. The van der Waals surface area contributed by atoms with Crippen LogP contribution >= 0.6 is 11.6 Å². The number of hydrogen-bond acceptors (Lipinski definition) is 4. The highest BCUT2D eigenvalue weighted by Gasteiger charge is 2.46. The van der Waals surface area contributed by atoms with Gasteiger partial charge in [0.1, 0.15) is 11.5 Å². The summed E-state index contributed by atoms with van der Waals surface area (Å²) in [6.07, 6.45) is 4.69. The molecule has 0 aromatic heterocycles. The molecule has 1 atom stereocenters. The van der Waals surface area contributed by atoms with Gasteiger partial charge in [-0.1, -0.05) is 48.0 Å². The quantitative estimate of drug-likeness (QED) is 0.279. The van der Waals surface area contributed by atoms with Crippen LogP contribution < -0.4 is 0 Å². The molecule has 5 rings (SSSR count). The molecule has 3 aromatic carbocycles. The van der Waals surface area contributed by atoms with Gasteiger partial charge in [0.25, 0.3) is 11.7 Å². The van der Waals surface area contributed by atoms with E-state index >= 15 is 0 Å². The van der Waals surface area contributed by atoms with Gasteiger partial charge in [0, 0.05) is 17.1 Å². The van der Waals surface area contributed by atoms with Crippen LogP contribution in [0.1, 0.15) is 46.7 Å². The third-order valence-corrected chi connectivity index (χ3v) is 7.15. The lowest BCUT2D eigenvalue weighted by Crippen LogP contribution is -2.31. The normalized spacial score (nSPS) is 19.1. The van der Waals surface area contributed by atoms with Gasteiger partial charge in [0.05, 0.1) is 11.6 Å². The minimum atomic E-state index is -0.801. The molecule has 1 fully saturated rings. The summed E-state index contributed by atoms with van der Waals surface area (Å²) in [7, 11) is 0. The van der Waals surface area contributed by atoms with E-state index in [4.69, 9.17) is 11.6 Å². The van der Waals surface area contributed by atoms with Gasteiger partial charge in [0.15, 0.2) is 0 Å². The molecule has 3 aromatic rings. The number of ketones is 1. The first-order valence-electron chi connectivity index (χ1n) is 11.9. The molecule has 5 nitrogen and oxygen atoms in total. The first kappa shape index (κ1) is 23.2. The molecular formula is C29H26ClNO4. The third-order valence-electron chi connectivity index (χ3n) is 6.90. The van der Waals surface area contributed by atoms with E-state index in [1.165, 1.54) is 28.2 Å². The summed E-state index contributed by atoms with van der Waals surface area (Å²) in [5, 5.41) is 22.1. The summed E-state index contributed by atoms with van der Waals surface area (Å²) >= 11 is 5.99. The summed E-state index contributed by atoms with van der Waals surface area (Å²) in [6, 6.07) is 18.8. The highest BCUT2D eigenvalue weighted by atomic mass is 35.5. The molecule has 1 saturated heterocycles. The van der Waals surface area contributed by atoms with Crippen LogP contribution in [0.25, 0.3) is 5.76 Å². The number of phenols is 1. The Morgan fingerprint density at radius 3 is 2.43 bits per heavy atom. The predicted molar refractivity (Wildman–Crippen MR) is 135 cm³/mol. The van der Waals surface area contributed by atoms with Crippen molar-refractivity contribution in [1.82, 2.24) is 4.90 Å². The zero-order valence-electron chi connectivity index (χ0n) is 19.2. The lowest BCUT2D eigenvalue weighted by atomic mass is 9.88. The van der Waals surface area contributed by atoms with E-state index in [0.717, 1.165) is 31.2 Å². The van der Waals surface area contributed by atoms with Crippen LogP contribution in [0.4, 0.5) is 0 Å². The number of carbonyl (C=O) groups excluding carboxylic acids is 2. The molecule has 0 saturated carbocycles. The zero-order valence-corrected chi connectivity index (χ0v) is 20.0. The minimum absolute atomic E-state index is 0.0274. The van der Waals surface area contributed by atoms with Crippen molar-refractivity contribution >= 4 is 29.1 Å². The Hall–Kier alpha value is -3.57. The average molecular weight is 488 g/mol. The second kappa shape index (κ2) is 9.59. The van der Waals surface area contributed by atoms with Crippen LogP contribution in [0, 0.1) is 0 Å². The number of aliphatic hydroxyl groups excluding tert-OH is 1. The lowest BCUT2D eigenvalue weighted by Gasteiger charge is -2.25. The number of amides is 1. The number of benzene rings is 3. The largest absolute Gasteiger partial charge is 0.508 e. The monoisotopic (exact) mass is 487 g/mol. The van der Waals surface area contributed by atoms with E-state index in [9.17, 15) is 19.8 Å². The Morgan fingerprint density at radius 2 is 1.69 bits per heavy atom. The van der Waals surface area contributed by atoms with Crippen molar-refractivity contribution in [2.24, 2.45) is 0 Å². The van der Waals surface area contributed by atoms with Gasteiger partial charge in [-0.25, -0.2) is 0 Å². The van der Waals surface area contributed by atoms with Crippen LogP contribution in [-0.2, 0) is 28.9 Å². The van der Waals surface area contributed by atoms with Crippen molar-refractivity contribution in [1.29, 1.82) is 0 Å². The maximum atomic E-state index is 13.3. The summed E-state index contributed by atoms with van der Waals surface area (Å²) in [4.78, 5) is 27.9. The molecule has 2 N–H and O–H groups in total. The van der Waals surface area contributed by atoms with Gasteiger partial charge >= 0.3 is 0 Å². The Balaban J connectivity index is 1.56. The lowest BCUT2D eigenvalue weighted by molar-refractivity contribution is -0.139. The average Bonchev–Trinajstić information content (AvgIpc) is 3.12. The summed E-state index contributed by atoms with van der Waals surface area (Å²) in [5.74, 6) is -1.53. The molecule has 0 radical (unpaired) electrons. The van der Waals surface area contributed by atoms with Crippen molar-refractivity contribution < 1.29 is 19.8 Å². The molecule has 1 aliphatic heterocycles. The zero-order chi connectivity index (χ0) is 24.5. The summed E-state index contributed by atoms with van der Waals surface area (Å²) in [5.41, 5.74) is 4.56. The number of rotatable bonds is 5. The number of likely N-dealkylation sites (tertiary alicyclic amines) is 1. The minimum Gasteiger partial charge on any atom is -0.508 e. The van der Waals surface area contributed by atoms with Crippen LogP contribution in [0.15, 0.2) is 72.3 Å². The maximum Gasteiger partial charge on any atom is 0.295 e. The number of halogens is 1. The Labute approximate surface area is 209 Å². The van der Waals surface area contributed by atoms with Gasteiger partial charge in [-0.05, 0) is 84.7 Å². The van der Waals surface area contributed by atoms with Crippen molar-refractivity contribution in [3.8, 4) is 5.75 Å². The molecule has 1 unspecified atom stereocenters. The Morgan fingerprint density at radius 1 is 0.943 bits per heavy atom. The third kappa shape index (κ3) is 4.56. The van der Waals surface area contributed by atoms with Crippen molar-refractivity contribution in [2.45, 2.75) is 38.1 Å². The number of hydrogen-bond donors (Lipinski definition) is 2. The molecule has 1 amide bonds. The molecular weight excluding hydrogens is 462 g/mol. The van der Waals surface area contributed by atoms with E-state index in [0.29, 0.717) is 22.6 Å². The number of carbonyl (C=O) groups is 2. The Bertz CT molecular complexity index is 1330. The second-order valence-corrected chi connectivity index (χ2v) is 9.59. The van der Waals surface area contributed by atoms with E-state index in [1.54, 1.807) is 24.3 Å². The van der Waals surface area contributed by atoms with Crippen LogP contribution in [0.3, 0.4) is 0 Å². The highest BCUT2D eigenvalue weighted by Crippen LogP contribution is 2.40. The fourth-order valence-corrected chi connectivity index (χ4v) is 5.21. The SMILES string of the molecule is O=C1C(=O)N(CCc2ccc(Cl)cc2)C(c2cccc(O)c2)/C1=C(/O)c1ccc2c(c1)CCCC2. The number of nitrogens with zero attached hydrogens (tertiary/aromatic N) is 1. The van der Waals surface area contributed by atoms with Crippen molar-refractivity contribution in [3.63, 3.8) is 0 Å². The summed E-state index contributed by atoms with van der Waals surface area (Å²) in [6.45, 7) is 0.271. The number of phenolic OH excluding ortho intramolecular Hbond substituents is 1. The number of fused-ring (bicyclic) bond motifs is 1. The van der Waals surface area contributed by atoms with Crippen molar-refractivity contribution in [3.05, 3.63) is 105 Å². The van der Waals surface area contributed by atoms with Gasteiger partial charge in [-0.2, -0.15) is 0 Å². The second-order valence-electron chi connectivity index (χ2n) is 9.15. The molecule has 1 heterocycles. The standard InChI is InChI=1S/C29H26ClNO4/c30-23-12-8-18(9-13-23)14-15-31-26(21-6-3-7-24(32)17-21)25(28(34)29(31)35)27(33)22-11-10-19-4-1-2-5-20(19)16-22/h3,6-13,16-17,26,32-33H,1-2,4-5,14-15H2/b27-25-. The van der Waals surface area contributed by atoms with E-state index in [2.05, 4.69) is 0 Å². The van der Waals surface area contributed by atoms with Gasteiger partial charge < -0.3 is 15.1 Å². The van der Waals surface area contributed by atoms with Gasteiger partial charge in [-0.15, -0.1) is 0 Å². The number of Topliss-reactive ketones (excluding diaryl/α,β-unsaturated/α-hetero) is 1. The molecule has 6 heteroatoms. The fraction of sp³-hybridized carbons (Fsp3) is 0.241.